The molecular formula is C88H50B2N4O2. The van der Waals surface area contributed by atoms with E-state index >= 15 is 0 Å². The SMILES string of the molecule is c1ccc2c(N3c4cc5c(oc6ccccc65)c5c4B(c4ccc6ccccc6c43)n3c4ccccc4c4cccc-5c43)cccc2c1.c1ccc2c(N3c4cc5oc6ccccc6c5c5c4B(c4ccc6ccccc6c43)n3c4ccccc4c4cccc-5c43)cccc2c1. The molecule has 4 aromatic heterocycles. The first-order valence-corrected chi connectivity index (χ1v) is 33.3. The summed E-state index contributed by atoms with van der Waals surface area (Å²) in [7, 11) is 0. The lowest BCUT2D eigenvalue weighted by Crippen LogP contribution is -2.56. The van der Waals surface area contributed by atoms with E-state index in [1.54, 1.807) is 0 Å². The molecule has 6 nitrogen and oxygen atoms in total. The Morgan fingerprint density at radius 3 is 1.23 bits per heavy atom. The fraction of sp³-hybridized carbons (Fsp3) is 0. The zero-order valence-electron chi connectivity index (χ0n) is 51.6. The predicted octanol–water partition coefficient (Wildman–Crippen LogP) is 20.8. The molecule has 4 aliphatic rings. The topological polar surface area (TPSA) is 42.6 Å². The Bertz CT molecular complexity index is 6890. The first-order chi connectivity index (χ1) is 47.7. The highest BCUT2D eigenvalue weighted by Gasteiger charge is 2.47. The molecule has 4 aliphatic heterocycles. The van der Waals surface area contributed by atoms with Gasteiger partial charge in [0.25, 0.3) is 0 Å². The second-order valence-corrected chi connectivity index (χ2v) is 26.4. The number of hydrogen-bond acceptors (Lipinski definition) is 4. The molecule has 0 saturated heterocycles. The standard InChI is InChI=1S/2C44H25BN2O/c1-3-14-28-26(11-1)13-9-21-35(28)46-37-25-39-40(32-17-6-8-22-38(32)48-39)41-33-19-10-18-31-30-16-5-7-20-36(30)47(43(31)33)45(42(37)41)34-24-23-27-12-2-4-15-29(27)44(34)46;1-3-14-28-26(11-1)13-9-21-36(28)46-38-25-34-31-17-6-8-22-39(31)48-44(34)40-33-19-10-18-32-30-16-5-7-20-37(30)47(42(32)33)45(41(38)40)35-24-23-27-12-2-4-15-29(27)43(35)46/h2*1-25H. The van der Waals surface area contributed by atoms with Crippen LogP contribution in [0.15, 0.2) is 312 Å². The predicted molar refractivity (Wildman–Crippen MR) is 405 cm³/mol. The van der Waals surface area contributed by atoms with Gasteiger partial charge < -0.3 is 27.6 Å². The zero-order valence-corrected chi connectivity index (χ0v) is 51.6. The van der Waals surface area contributed by atoms with Crippen molar-refractivity contribution in [3.05, 3.63) is 303 Å². The van der Waals surface area contributed by atoms with E-state index in [4.69, 9.17) is 8.83 Å². The van der Waals surface area contributed by atoms with Crippen LogP contribution in [0.3, 0.4) is 0 Å². The summed E-state index contributed by atoms with van der Waals surface area (Å²) in [5.41, 5.74) is 26.2. The molecule has 440 valence electrons. The molecule has 0 radical (unpaired) electrons. The normalized spacial score (nSPS) is 13.3. The summed E-state index contributed by atoms with van der Waals surface area (Å²) in [5, 5.41) is 19.6. The monoisotopic (exact) mass is 1220 g/mol. The third-order valence-corrected chi connectivity index (χ3v) is 21.8. The van der Waals surface area contributed by atoms with E-state index in [0.717, 1.165) is 38.5 Å². The van der Waals surface area contributed by atoms with Crippen molar-refractivity contribution in [3.8, 4) is 22.3 Å². The van der Waals surface area contributed by atoms with Gasteiger partial charge in [0.1, 0.15) is 22.3 Å². The van der Waals surface area contributed by atoms with E-state index in [-0.39, 0.29) is 13.7 Å². The molecule has 0 saturated carbocycles. The summed E-state index contributed by atoms with van der Waals surface area (Å²) in [5.74, 6) is 0. The van der Waals surface area contributed by atoms with Crippen LogP contribution in [-0.2, 0) is 0 Å². The van der Waals surface area contributed by atoms with Gasteiger partial charge in [-0.15, -0.1) is 0 Å². The largest absolute Gasteiger partial charge is 0.456 e. The molecule has 0 spiro atoms. The molecule has 0 fully saturated rings. The summed E-state index contributed by atoms with van der Waals surface area (Å²) in [6.07, 6.45) is 0. The van der Waals surface area contributed by atoms with E-state index in [9.17, 15) is 0 Å². The first kappa shape index (κ1) is 51.1. The molecule has 16 aromatic carbocycles. The van der Waals surface area contributed by atoms with Gasteiger partial charge in [0.2, 0.25) is 0 Å². The van der Waals surface area contributed by atoms with Gasteiger partial charge in [0.15, 0.2) is 0 Å². The number of anilines is 6. The Morgan fingerprint density at radius 1 is 0.260 bits per heavy atom. The molecule has 8 heterocycles. The summed E-state index contributed by atoms with van der Waals surface area (Å²) in [4.78, 5) is 5.10. The third kappa shape index (κ3) is 6.48. The van der Waals surface area contributed by atoms with Crippen LogP contribution in [0.1, 0.15) is 0 Å². The quantitative estimate of drug-likeness (QED) is 0.162. The van der Waals surface area contributed by atoms with Crippen LogP contribution in [0, 0.1) is 0 Å². The first-order valence-electron chi connectivity index (χ1n) is 33.3. The highest BCUT2D eigenvalue weighted by Crippen LogP contribution is 2.54. The lowest BCUT2D eigenvalue weighted by Gasteiger charge is -2.41. The van der Waals surface area contributed by atoms with Gasteiger partial charge in [-0.1, -0.05) is 255 Å². The van der Waals surface area contributed by atoms with E-state index in [1.165, 1.54) is 170 Å². The van der Waals surface area contributed by atoms with Crippen LogP contribution >= 0.6 is 0 Å². The van der Waals surface area contributed by atoms with Gasteiger partial charge >= 0.3 is 13.7 Å². The molecule has 8 heteroatoms. The maximum atomic E-state index is 6.88. The van der Waals surface area contributed by atoms with Crippen molar-refractivity contribution < 1.29 is 8.83 Å². The van der Waals surface area contributed by atoms with Crippen molar-refractivity contribution in [1.82, 2.24) is 8.96 Å². The summed E-state index contributed by atoms with van der Waals surface area (Å²) in [6, 6.07) is 111. The second kappa shape index (κ2) is 18.6. The number of nitrogens with zero attached hydrogens (tertiary/aromatic N) is 4. The van der Waals surface area contributed by atoms with Crippen molar-refractivity contribution in [2.45, 2.75) is 0 Å². The van der Waals surface area contributed by atoms with Gasteiger partial charge in [-0.25, -0.2) is 0 Å². The Morgan fingerprint density at radius 2 is 0.667 bits per heavy atom. The van der Waals surface area contributed by atoms with Gasteiger partial charge in [-0.05, 0) is 91.4 Å². The van der Waals surface area contributed by atoms with Gasteiger partial charge in [0, 0.05) is 121 Å². The molecule has 96 heavy (non-hydrogen) atoms. The Labute approximate surface area is 550 Å². The number of benzene rings is 16. The number of fused-ring (bicyclic) bond motifs is 28. The number of hydrogen-bond donors (Lipinski definition) is 0. The summed E-state index contributed by atoms with van der Waals surface area (Å²) in [6.45, 7) is -0.0769. The van der Waals surface area contributed by atoms with Crippen LogP contribution in [0.5, 0.6) is 0 Å². The van der Waals surface area contributed by atoms with E-state index in [0.29, 0.717) is 0 Å². The molecule has 0 unspecified atom stereocenters. The van der Waals surface area contributed by atoms with E-state index in [2.05, 4.69) is 322 Å². The van der Waals surface area contributed by atoms with Crippen LogP contribution in [-0.4, -0.2) is 22.7 Å². The van der Waals surface area contributed by atoms with Crippen molar-refractivity contribution in [2.75, 3.05) is 9.80 Å². The molecule has 0 bridgehead atoms. The summed E-state index contributed by atoms with van der Waals surface area (Å²) >= 11 is 0. The fourth-order valence-electron chi connectivity index (χ4n) is 18.1. The number of rotatable bonds is 2. The minimum Gasteiger partial charge on any atom is -0.456 e. The van der Waals surface area contributed by atoms with Crippen LogP contribution < -0.4 is 31.7 Å². The van der Waals surface area contributed by atoms with Crippen molar-refractivity contribution in [2.24, 2.45) is 0 Å². The molecule has 0 aliphatic carbocycles. The summed E-state index contributed by atoms with van der Waals surface area (Å²) < 4.78 is 18.9. The maximum absolute atomic E-state index is 6.88. The minimum atomic E-state index is -0.0456. The highest BCUT2D eigenvalue weighted by atomic mass is 16.3. The molecule has 20 aromatic rings. The Hall–Kier alpha value is -12.5. The average Bonchev–Trinajstić information content (AvgIpc) is 1.36. The van der Waals surface area contributed by atoms with Gasteiger partial charge in [0.05, 0.1) is 22.7 Å². The molecular weight excluding hydrogens is 1170 g/mol. The van der Waals surface area contributed by atoms with Gasteiger partial charge in [-0.3, -0.25) is 0 Å². The number of furan rings is 2. The number of aromatic nitrogens is 2. The minimum absolute atomic E-state index is 0.0313. The lowest BCUT2D eigenvalue weighted by molar-refractivity contribution is 0.669. The van der Waals surface area contributed by atoms with Crippen molar-refractivity contribution in [1.29, 1.82) is 0 Å². The average molecular weight is 1220 g/mol. The van der Waals surface area contributed by atoms with Gasteiger partial charge in [-0.2, -0.15) is 0 Å². The Balaban J connectivity index is 0.000000121. The number of para-hydroxylation sites is 6. The second-order valence-electron chi connectivity index (χ2n) is 26.4. The smallest absolute Gasteiger partial charge is 0.333 e. The Kier molecular flexibility index (Phi) is 9.91. The van der Waals surface area contributed by atoms with Crippen molar-refractivity contribution in [3.63, 3.8) is 0 Å². The van der Waals surface area contributed by atoms with Crippen LogP contribution in [0.25, 0.3) is 153 Å². The highest BCUT2D eigenvalue weighted by molar-refractivity contribution is 6.91. The van der Waals surface area contributed by atoms with Crippen LogP contribution in [0.4, 0.5) is 34.1 Å². The third-order valence-electron chi connectivity index (χ3n) is 21.8. The fourth-order valence-corrected chi connectivity index (χ4v) is 18.1. The zero-order chi connectivity index (χ0) is 62.2. The lowest BCUT2D eigenvalue weighted by atomic mass is 9.44. The van der Waals surface area contributed by atoms with E-state index < -0.39 is 0 Å². The molecule has 0 atom stereocenters. The maximum Gasteiger partial charge on any atom is 0.333 e. The van der Waals surface area contributed by atoms with Crippen LogP contribution in [0.2, 0.25) is 0 Å². The van der Waals surface area contributed by atoms with E-state index in [1.807, 2.05) is 0 Å². The molecule has 0 amide bonds. The van der Waals surface area contributed by atoms with Crippen molar-refractivity contribution >= 4 is 200 Å². The molecule has 0 N–H and O–H groups in total. The molecule has 24 rings (SSSR count).